The molecule has 1 aromatic rings. The zero-order valence-electron chi connectivity index (χ0n) is 11.8. The summed E-state index contributed by atoms with van der Waals surface area (Å²) in [6.07, 6.45) is 1.99. The van der Waals surface area contributed by atoms with Crippen LogP contribution in [0.25, 0.3) is 0 Å². The molecule has 0 spiro atoms. The smallest absolute Gasteiger partial charge is 0.245 e. The van der Waals surface area contributed by atoms with Crippen molar-refractivity contribution in [2.45, 2.75) is 44.6 Å². The molecule has 1 saturated heterocycles. The minimum Gasteiger partial charge on any atom is -0.398 e. The highest BCUT2D eigenvalue weighted by Gasteiger charge is 2.34. The molecule has 2 unspecified atom stereocenters. The molecule has 19 heavy (non-hydrogen) atoms. The molecule has 0 aromatic heterocycles. The van der Waals surface area contributed by atoms with Crippen LogP contribution in [-0.4, -0.2) is 25.3 Å². The maximum absolute atomic E-state index is 12.7. The normalized spacial score (nSPS) is 25.4. The molecule has 2 atom stereocenters. The summed E-state index contributed by atoms with van der Waals surface area (Å²) in [4.78, 5) is 0.235. The van der Waals surface area contributed by atoms with Gasteiger partial charge in [-0.2, -0.15) is 4.31 Å². The van der Waals surface area contributed by atoms with Crippen LogP contribution in [-0.2, 0) is 10.0 Å². The number of nitrogens with two attached hydrogens (primary N) is 1. The first-order valence-electron chi connectivity index (χ1n) is 6.70. The highest BCUT2D eigenvalue weighted by molar-refractivity contribution is 7.89. The van der Waals surface area contributed by atoms with E-state index >= 15 is 0 Å². The van der Waals surface area contributed by atoms with Gasteiger partial charge in [0, 0.05) is 12.6 Å². The van der Waals surface area contributed by atoms with E-state index in [4.69, 9.17) is 5.73 Å². The zero-order valence-corrected chi connectivity index (χ0v) is 12.6. The fraction of sp³-hybridized carbons (Fsp3) is 0.571. The van der Waals surface area contributed by atoms with E-state index in [0.717, 1.165) is 18.4 Å². The van der Waals surface area contributed by atoms with Gasteiger partial charge in [0.25, 0.3) is 0 Å². The van der Waals surface area contributed by atoms with E-state index in [1.165, 1.54) is 0 Å². The van der Waals surface area contributed by atoms with E-state index in [1.54, 1.807) is 22.5 Å². The number of aryl methyl sites for hydroxylation is 1. The van der Waals surface area contributed by atoms with Gasteiger partial charge in [-0.1, -0.05) is 13.0 Å². The van der Waals surface area contributed by atoms with E-state index in [1.807, 2.05) is 13.8 Å². The number of anilines is 1. The predicted octanol–water partition coefficient (Wildman–Crippen LogP) is 2.39. The van der Waals surface area contributed by atoms with Crippen molar-refractivity contribution in [1.29, 1.82) is 0 Å². The van der Waals surface area contributed by atoms with Crippen molar-refractivity contribution in [3.63, 3.8) is 0 Å². The maximum atomic E-state index is 12.7. The van der Waals surface area contributed by atoms with Crippen molar-refractivity contribution in [2.75, 3.05) is 12.3 Å². The van der Waals surface area contributed by atoms with Gasteiger partial charge in [-0.25, -0.2) is 8.42 Å². The van der Waals surface area contributed by atoms with Crippen molar-refractivity contribution in [3.8, 4) is 0 Å². The van der Waals surface area contributed by atoms with Crippen LogP contribution < -0.4 is 5.73 Å². The Morgan fingerprint density at radius 2 is 1.95 bits per heavy atom. The van der Waals surface area contributed by atoms with Crippen LogP contribution in [0.2, 0.25) is 0 Å². The number of nitrogens with zero attached hydrogens (tertiary/aromatic N) is 1. The molecule has 0 saturated carbocycles. The topological polar surface area (TPSA) is 63.4 Å². The Bertz CT molecular complexity index is 569. The van der Waals surface area contributed by atoms with Crippen molar-refractivity contribution >= 4 is 15.7 Å². The van der Waals surface area contributed by atoms with Gasteiger partial charge in [0.1, 0.15) is 4.90 Å². The number of sulfonamides is 1. The first-order chi connectivity index (χ1) is 8.82. The molecule has 4 nitrogen and oxygen atoms in total. The van der Waals surface area contributed by atoms with Crippen LogP contribution in [0.3, 0.4) is 0 Å². The third-order valence-electron chi connectivity index (χ3n) is 3.81. The van der Waals surface area contributed by atoms with Crippen molar-refractivity contribution < 1.29 is 8.42 Å². The van der Waals surface area contributed by atoms with Gasteiger partial charge in [0.15, 0.2) is 0 Å². The van der Waals surface area contributed by atoms with Gasteiger partial charge in [-0.05, 0) is 50.3 Å². The summed E-state index contributed by atoms with van der Waals surface area (Å²) in [5.74, 6) is 0.401. The molecule has 106 valence electrons. The number of hydrogen-bond acceptors (Lipinski definition) is 3. The van der Waals surface area contributed by atoms with Crippen LogP contribution in [0.4, 0.5) is 5.69 Å². The lowest BCUT2D eigenvalue weighted by atomic mass is 9.97. The quantitative estimate of drug-likeness (QED) is 0.847. The van der Waals surface area contributed by atoms with Crippen molar-refractivity contribution in [3.05, 3.63) is 23.8 Å². The zero-order chi connectivity index (χ0) is 14.2. The van der Waals surface area contributed by atoms with Crippen molar-refractivity contribution in [1.82, 2.24) is 4.31 Å². The number of rotatable bonds is 2. The minimum absolute atomic E-state index is 0.0434. The second kappa shape index (κ2) is 5.13. The van der Waals surface area contributed by atoms with Gasteiger partial charge in [-0.15, -0.1) is 0 Å². The summed E-state index contributed by atoms with van der Waals surface area (Å²) in [7, 11) is -3.48. The van der Waals surface area contributed by atoms with Crippen LogP contribution in [0.15, 0.2) is 23.1 Å². The van der Waals surface area contributed by atoms with Crippen LogP contribution in [0, 0.1) is 12.8 Å². The first-order valence-corrected chi connectivity index (χ1v) is 8.14. The maximum Gasteiger partial charge on any atom is 0.245 e. The van der Waals surface area contributed by atoms with Gasteiger partial charge in [0.2, 0.25) is 10.0 Å². The highest BCUT2D eigenvalue weighted by atomic mass is 32.2. The molecule has 1 aromatic carbocycles. The van der Waals surface area contributed by atoms with Crippen LogP contribution in [0.1, 0.15) is 32.3 Å². The number of piperidine rings is 1. The molecule has 5 heteroatoms. The van der Waals surface area contributed by atoms with E-state index in [-0.39, 0.29) is 10.9 Å². The van der Waals surface area contributed by atoms with Crippen LogP contribution >= 0.6 is 0 Å². The Labute approximate surface area is 115 Å². The molecule has 2 rings (SSSR count). The monoisotopic (exact) mass is 282 g/mol. The summed E-state index contributed by atoms with van der Waals surface area (Å²) < 4.78 is 27.0. The fourth-order valence-corrected chi connectivity index (χ4v) is 4.49. The van der Waals surface area contributed by atoms with Crippen LogP contribution in [0.5, 0.6) is 0 Å². The van der Waals surface area contributed by atoms with E-state index < -0.39 is 10.0 Å². The third kappa shape index (κ3) is 2.77. The van der Waals surface area contributed by atoms with E-state index in [9.17, 15) is 8.42 Å². The number of hydrogen-bond donors (Lipinski definition) is 1. The van der Waals surface area contributed by atoms with E-state index in [2.05, 4.69) is 6.92 Å². The molecule has 1 heterocycles. The van der Waals surface area contributed by atoms with Gasteiger partial charge in [-0.3, -0.25) is 0 Å². The predicted molar refractivity (Wildman–Crippen MR) is 77.3 cm³/mol. The summed E-state index contributed by atoms with van der Waals surface area (Å²) in [5, 5.41) is 0. The molecular formula is C14H22N2O2S. The summed E-state index contributed by atoms with van der Waals surface area (Å²) in [5.41, 5.74) is 7.20. The molecule has 1 fully saturated rings. The number of benzene rings is 1. The summed E-state index contributed by atoms with van der Waals surface area (Å²) >= 11 is 0. The van der Waals surface area contributed by atoms with E-state index in [0.29, 0.717) is 18.2 Å². The fourth-order valence-electron chi connectivity index (χ4n) is 2.61. The van der Waals surface area contributed by atoms with Crippen molar-refractivity contribution in [2.24, 2.45) is 5.92 Å². The Hall–Kier alpha value is -1.07. The Kier molecular flexibility index (Phi) is 3.87. The minimum atomic E-state index is -3.48. The third-order valence-corrected chi connectivity index (χ3v) is 5.87. The Balaban J connectivity index is 2.41. The lowest BCUT2D eigenvalue weighted by Crippen LogP contribution is -2.44. The Morgan fingerprint density at radius 3 is 2.58 bits per heavy atom. The molecule has 0 bridgehead atoms. The van der Waals surface area contributed by atoms with Gasteiger partial charge >= 0.3 is 0 Å². The molecule has 1 aliphatic rings. The van der Waals surface area contributed by atoms with Gasteiger partial charge in [0.05, 0.1) is 5.69 Å². The average molecular weight is 282 g/mol. The first kappa shape index (κ1) is 14.3. The highest BCUT2D eigenvalue weighted by Crippen LogP contribution is 2.30. The standard InChI is InChI=1S/C14H22N2O2S/c1-10-5-7-14(13(15)8-10)19(17,18)16-9-11(2)4-6-12(16)3/h5,7-8,11-12H,4,6,9,15H2,1-3H3. The SMILES string of the molecule is Cc1ccc(S(=O)(=O)N2CC(C)CCC2C)c(N)c1. The summed E-state index contributed by atoms with van der Waals surface area (Å²) in [6, 6.07) is 5.17. The summed E-state index contributed by atoms with van der Waals surface area (Å²) in [6.45, 7) is 6.54. The molecule has 0 radical (unpaired) electrons. The van der Waals surface area contributed by atoms with Gasteiger partial charge < -0.3 is 5.73 Å². The largest absolute Gasteiger partial charge is 0.398 e. The number of nitrogen functional groups attached to an aromatic ring is 1. The average Bonchev–Trinajstić information content (AvgIpc) is 2.31. The molecule has 1 aliphatic heterocycles. The lowest BCUT2D eigenvalue weighted by molar-refractivity contribution is 0.218. The molecule has 2 N–H and O–H groups in total. The molecule has 0 aliphatic carbocycles. The lowest BCUT2D eigenvalue weighted by Gasteiger charge is -2.35. The molecular weight excluding hydrogens is 260 g/mol. The Morgan fingerprint density at radius 1 is 1.26 bits per heavy atom. The second-order valence-electron chi connectivity index (χ2n) is 5.65. The molecule has 0 amide bonds. The second-order valence-corrected chi connectivity index (χ2v) is 7.51.